The first kappa shape index (κ1) is 23.2. The molecule has 0 spiro atoms. The number of hydrogen-bond donors (Lipinski definition) is 1. The maximum absolute atomic E-state index is 10.2. The number of nitrogens with zero attached hydrogens (tertiary/aromatic N) is 4. The maximum atomic E-state index is 10.2. The second-order valence-corrected chi connectivity index (χ2v) is 8.19. The van der Waals surface area contributed by atoms with Crippen molar-refractivity contribution in [2.45, 2.75) is 32.6 Å². The first-order valence-corrected chi connectivity index (χ1v) is 11.0. The Bertz CT molecular complexity index is 1040. The number of fused-ring (bicyclic) bond motifs is 1. The highest BCUT2D eigenvalue weighted by molar-refractivity contribution is 5.60. The SMILES string of the molecule is CCCOc1ccc([C@@H]2[C@@H]3CN(CCC)CC=C3C(C#N)=C(N)C2(C#N)C#N)cc1OC. The van der Waals surface area contributed by atoms with Crippen molar-refractivity contribution in [3.63, 3.8) is 0 Å². The van der Waals surface area contributed by atoms with Gasteiger partial charge in [-0.2, -0.15) is 15.8 Å². The van der Waals surface area contributed by atoms with Crippen LogP contribution in [0, 0.1) is 45.3 Å². The topological polar surface area (TPSA) is 119 Å². The molecule has 0 bridgehead atoms. The van der Waals surface area contributed by atoms with Crippen molar-refractivity contribution < 1.29 is 9.47 Å². The Labute approximate surface area is 189 Å². The van der Waals surface area contributed by atoms with Crippen LogP contribution in [-0.2, 0) is 0 Å². The Hall–Kier alpha value is -3.47. The zero-order valence-corrected chi connectivity index (χ0v) is 18.9. The normalized spacial score (nSPS) is 22.1. The largest absolute Gasteiger partial charge is 0.493 e. The number of hydrogen-bond acceptors (Lipinski definition) is 7. The van der Waals surface area contributed by atoms with Crippen LogP contribution in [0.2, 0.25) is 0 Å². The summed E-state index contributed by atoms with van der Waals surface area (Å²) in [6.07, 6.45) is 3.88. The quantitative estimate of drug-likeness (QED) is 0.700. The summed E-state index contributed by atoms with van der Waals surface area (Å²) in [7, 11) is 1.57. The second kappa shape index (κ2) is 9.77. The van der Waals surface area contributed by atoms with Crippen LogP contribution in [0.5, 0.6) is 11.5 Å². The third kappa shape index (κ3) is 3.79. The smallest absolute Gasteiger partial charge is 0.191 e. The number of rotatable bonds is 7. The summed E-state index contributed by atoms with van der Waals surface area (Å²) in [6, 6.07) is 12.1. The van der Waals surface area contributed by atoms with Crippen molar-refractivity contribution in [2.24, 2.45) is 17.1 Å². The highest BCUT2D eigenvalue weighted by atomic mass is 16.5. The first-order chi connectivity index (χ1) is 15.5. The maximum Gasteiger partial charge on any atom is 0.191 e. The number of allylic oxidation sites excluding steroid dienone is 2. The van der Waals surface area contributed by atoms with E-state index in [4.69, 9.17) is 15.2 Å². The molecular weight excluding hydrogens is 402 g/mol. The summed E-state index contributed by atoms with van der Waals surface area (Å²) in [4.78, 5) is 2.28. The van der Waals surface area contributed by atoms with Gasteiger partial charge in [-0.25, -0.2) is 0 Å². The van der Waals surface area contributed by atoms with Crippen molar-refractivity contribution >= 4 is 0 Å². The summed E-state index contributed by atoms with van der Waals surface area (Å²) in [6.45, 7) is 6.95. The van der Waals surface area contributed by atoms with Gasteiger partial charge in [0.25, 0.3) is 0 Å². The molecule has 166 valence electrons. The van der Waals surface area contributed by atoms with Crippen molar-refractivity contribution in [1.82, 2.24) is 4.90 Å². The Balaban J connectivity index is 2.21. The fourth-order valence-corrected chi connectivity index (χ4v) is 4.82. The van der Waals surface area contributed by atoms with Crippen molar-refractivity contribution in [1.29, 1.82) is 15.8 Å². The molecule has 1 aliphatic heterocycles. The standard InChI is InChI=1S/C25H29N5O2/c1-4-9-30-10-8-18-19(13-26)24(29)25(15-27,16-28)23(20(18)14-30)17-6-7-21(32-11-5-2)22(12-17)31-3/h6-8,12,20,23H,4-5,9-11,14,29H2,1-3H3/t20-,23-/m1/s1. The Morgan fingerprint density at radius 2 is 1.91 bits per heavy atom. The lowest BCUT2D eigenvalue weighted by atomic mass is 9.58. The molecule has 0 aromatic heterocycles. The van der Waals surface area contributed by atoms with Crippen LogP contribution >= 0.6 is 0 Å². The fourth-order valence-electron chi connectivity index (χ4n) is 4.82. The molecule has 1 aromatic rings. The molecule has 0 saturated heterocycles. The molecule has 1 aromatic carbocycles. The zero-order valence-electron chi connectivity index (χ0n) is 18.9. The summed E-state index contributed by atoms with van der Waals surface area (Å²) in [5.41, 5.74) is 6.62. The molecule has 1 aliphatic carbocycles. The van der Waals surface area contributed by atoms with Gasteiger partial charge in [-0.05, 0) is 42.7 Å². The highest BCUT2D eigenvalue weighted by Crippen LogP contribution is 2.54. The van der Waals surface area contributed by atoms with Gasteiger partial charge in [0.2, 0.25) is 0 Å². The summed E-state index contributed by atoms with van der Waals surface area (Å²) < 4.78 is 11.3. The number of nitriles is 3. The van der Waals surface area contributed by atoms with E-state index in [1.807, 2.05) is 31.2 Å². The number of nitrogens with two attached hydrogens (primary N) is 1. The second-order valence-electron chi connectivity index (χ2n) is 8.19. The molecule has 3 rings (SSSR count). The molecule has 2 N–H and O–H groups in total. The fraction of sp³-hybridized carbons (Fsp3) is 0.480. The van der Waals surface area contributed by atoms with Gasteiger partial charge >= 0.3 is 0 Å². The average Bonchev–Trinajstić information content (AvgIpc) is 2.82. The molecule has 1 heterocycles. The van der Waals surface area contributed by atoms with Gasteiger partial charge in [0.1, 0.15) is 6.07 Å². The van der Waals surface area contributed by atoms with Crippen molar-refractivity contribution in [3.8, 4) is 29.7 Å². The lowest BCUT2D eigenvalue weighted by molar-refractivity contribution is 0.207. The molecular formula is C25H29N5O2. The van der Waals surface area contributed by atoms with E-state index in [-0.39, 0.29) is 17.2 Å². The van der Waals surface area contributed by atoms with Gasteiger partial charge in [0.05, 0.1) is 37.1 Å². The monoisotopic (exact) mass is 431 g/mol. The van der Waals surface area contributed by atoms with Gasteiger partial charge in [-0.1, -0.05) is 26.0 Å². The number of ether oxygens (including phenoxy) is 2. The highest BCUT2D eigenvalue weighted by Gasteiger charge is 2.54. The Morgan fingerprint density at radius 1 is 1.16 bits per heavy atom. The molecule has 0 fully saturated rings. The van der Waals surface area contributed by atoms with E-state index in [1.165, 1.54) is 0 Å². The number of methoxy groups -OCH3 is 1. The lowest BCUT2D eigenvalue weighted by Gasteiger charge is -2.45. The van der Waals surface area contributed by atoms with Crippen molar-refractivity contribution in [3.05, 3.63) is 46.7 Å². The van der Waals surface area contributed by atoms with Gasteiger partial charge in [0, 0.05) is 24.9 Å². The van der Waals surface area contributed by atoms with Gasteiger partial charge in [0.15, 0.2) is 16.9 Å². The third-order valence-corrected chi connectivity index (χ3v) is 6.29. The minimum absolute atomic E-state index is 0.0340. The molecule has 0 saturated carbocycles. The molecule has 0 unspecified atom stereocenters. The van der Waals surface area contributed by atoms with E-state index in [2.05, 4.69) is 30.0 Å². The lowest BCUT2D eigenvalue weighted by Crippen LogP contribution is -2.48. The molecule has 32 heavy (non-hydrogen) atoms. The summed E-state index contributed by atoms with van der Waals surface area (Å²) in [5, 5.41) is 30.3. The van der Waals surface area contributed by atoms with Crippen LogP contribution in [0.1, 0.15) is 38.2 Å². The van der Waals surface area contributed by atoms with Gasteiger partial charge in [-0.3, -0.25) is 4.90 Å². The van der Waals surface area contributed by atoms with Crippen LogP contribution in [-0.4, -0.2) is 38.3 Å². The number of benzene rings is 1. The van der Waals surface area contributed by atoms with E-state index in [9.17, 15) is 15.8 Å². The molecule has 0 amide bonds. The van der Waals surface area contributed by atoms with Crippen LogP contribution in [0.25, 0.3) is 0 Å². The van der Waals surface area contributed by atoms with E-state index in [0.717, 1.165) is 30.5 Å². The van der Waals surface area contributed by atoms with Gasteiger partial charge in [-0.15, -0.1) is 0 Å². The van der Waals surface area contributed by atoms with Crippen LogP contribution in [0.4, 0.5) is 0 Å². The summed E-state index contributed by atoms with van der Waals surface area (Å²) >= 11 is 0. The van der Waals surface area contributed by atoms with E-state index in [1.54, 1.807) is 7.11 Å². The van der Waals surface area contributed by atoms with Crippen LogP contribution < -0.4 is 15.2 Å². The van der Waals surface area contributed by atoms with Crippen LogP contribution in [0.15, 0.2) is 41.1 Å². The molecule has 7 heteroatoms. The van der Waals surface area contributed by atoms with Crippen LogP contribution in [0.3, 0.4) is 0 Å². The molecule has 2 aliphatic rings. The zero-order chi connectivity index (χ0) is 23.3. The molecule has 0 radical (unpaired) electrons. The molecule has 7 nitrogen and oxygen atoms in total. The van der Waals surface area contributed by atoms with Gasteiger partial charge < -0.3 is 15.2 Å². The third-order valence-electron chi connectivity index (χ3n) is 6.29. The molecule has 2 atom stereocenters. The Kier molecular flexibility index (Phi) is 7.08. The van der Waals surface area contributed by atoms with Crippen molar-refractivity contribution in [2.75, 3.05) is 33.4 Å². The predicted molar refractivity (Wildman–Crippen MR) is 120 cm³/mol. The average molecular weight is 432 g/mol. The predicted octanol–water partition coefficient (Wildman–Crippen LogP) is 3.62. The minimum atomic E-state index is -1.65. The van der Waals surface area contributed by atoms with E-state index < -0.39 is 11.3 Å². The minimum Gasteiger partial charge on any atom is -0.493 e. The Morgan fingerprint density at radius 3 is 2.50 bits per heavy atom. The summed E-state index contributed by atoms with van der Waals surface area (Å²) in [5.74, 6) is 0.390. The first-order valence-electron chi connectivity index (χ1n) is 11.0. The van der Waals surface area contributed by atoms with E-state index >= 15 is 0 Å². The van der Waals surface area contributed by atoms with E-state index in [0.29, 0.717) is 31.2 Å².